The van der Waals surface area contributed by atoms with Crippen LogP contribution in [0.1, 0.15) is 51.9 Å². The fraction of sp³-hybridized carbons (Fsp3) is 0.929. The molecule has 0 spiro atoms. The molecule has 0 saturated carbocycles. The van der Waals surface area contributed by atoms with E-state index in [4.69, 9.17) is 10.5 Å². The maximum atomic E-state index is 12.5. The minimum absolute atomic E-state index is 0.0911. The van der Waals surface area contributed by atoms with Crippen LogP contribution in [0, 0.1) is 0 Å². The van der Waals surface area contributed by atoms with Crippen LogP contribution in [-0.2, 0) is 9.53 Å². The highest BCUT2D eigenvalue weighted by molar-refractivity contribution is 5.81. The predicted molar refractivity (Wildman–Crippen MR) is 71.2 cm³/mol. The van der Waals surface area contributed by atoms with E-state index in [-0.39, 0.29) is 18.1 Å². The first-order chi connectivity index (χ1) is 8.76. The second-order valence-electron chi connectivity index (χ2n) is 5.53. The van der Waals surface area contributed by atoms with Crippen LogP contribution in [0.25, 0.3) is 0 Å². The van der Waals surface area contributed by atoms with Crippen molar-refractivity contribution in [1.29, 1.82) is 0 Å². The van der Waals surface area contributed by atoms with Crippen molar-refractivity contribution >= 4 is 5.91 Å². The Balaban J connectivity index is 1.93. The van der Waals surface area contributed by atoms with Crippen LogP contribution < -0.4 is 5.73 Å². The van der Waals surface area contributed by atoms with E-state index in [0.29, 0.717) is 12.6 Å². The van der Waals surface area contributed by atoms with Crippen LogP contribution in [0.2, 0.25) is 0 Å². The number of carbonyl (C=O) groups excluding carboxylic acids is 1. The third-order valence-corrected chi connectivity index (χ3v) is 4.18. The van der Waals surface area contributed by atoms with E-state index >= 15 is 0 Å². The standard InChI is InChI=1S/C14H26N2O2/c1-2-5-11-6-3-4-9-16(11)14(17)13-8-7-12(10-15)18-13/h11-13H,2-10,15H2,1H3. The summed E-state index contributed by atoms with van der Waals surface area (Å²) in [7, 11) is 0. The van der Waals surface area contributed by atoms with Crippen molar-refractivity contribution in [1.82, 2.24) is 4.90 Å². The second kappa shape index (κ2) is 6.53. The van der Waals surface area contributed by atoms with Gasteiger partial charge in [0.25, 0.3) is 5.91 Å². The van der Waals surface area contributed by atoms with Gasteiger partial charge in [-0.2, -0.15) is 0 Å². The molecule has 2 heterocycles. The first-order valence-corrected chi connectivity index (χ1v) is 7.42. The Morgan fingerprint density at radius 2 is 2.17 bits per heavy atom. The Bertz CT molecular complexity index is 281. The molecule has 2 rings (SSSR count). The number of ether oxygens (including phenoxy) is 1. The summed E-state index contributed by atoms with van der Waals surface area (Å²) in [6, 6.07) is 0.441. The Morgan fingerprint density at radius 1 is 1.33 bits per heavy atom. The highest BCUT2D eigenvalue weighted by Crippen LogP contribution is 2.26. The van der Waals surface area contributed by atoms with Crippen molar-refractivity contribution < 1.29 is 9.53 Å². The highest BCUT2D eigenvalue weighted by Gasteiger charge is 2.36. The number of nitrogens with zero attached hydrogens (tertiary/aromatic N) is 1. The van der Waals surface area contributed by atoms with Gasteiger partial charge in [0.05, 0.1) is 6.10 Å². The molecule has 0 aromatic rings. The normalized spacial score (nSPS) is 32.8. The lowest BCUT2D eigenvalue weighted by molar-refractivity contribution is -0.146. The Hall–Kier alpha value is -0.610. The van der Waals surface area contributed by atoms with Gasteiger partial charge in [-0.3, -0.25) is 4.79 Å². The molecular weight excluding hydrogens is 228 g/mol. The summed E-state index contributed by atoms with van der Waals surface area (Å²) in [5, 5.41) is 0. The third-order valence-electron chi connectivity index (χ3n) is 4.18. The molecule has 18 heavy (non-hydrogen) atoms. The van der Waals surface area contributed by atoms with Crippen LogP contribution >= 0.6 is 0 Å². The molecule has 2 saturated heterocycles. The summed E-state index contributed by atoms with van der Waals surface area (Å²) in [6.07, 6.45) is 7.46. The van der Waals surface area contributed by atoms with Gasteiger partial charge in [0.1, 0.15) is 6.10 Å². The monoisotopic (exact) mass is 254 g/mol. The van der Waals surface area contributed by atoms with Crippen LogP contribution in [0.15, 0.2) is 0 Å². The molecule has 104 valence electrons. The van der Waals surface area contributed by atoms with Crippen molar-refractivity contribution in [2.24, 2.45) is 5.73 Å². The Kier molecular flexibility index (Phi) is 5.01. The lowest BCUT2D eigenvalue weighted by Gasteiger charge is -2.37. The molecule has 3 atom stereocenters. The summed E-state index contributed by atoms with van der Waals surface area (Å²) in [6.45, 7) is 3.63. The van der Waals surface area contributed by atoms with Crippen molar-refractivity contribution in [3.63, 3.8) is 0 Å². The van der Waals surface area contributed by atoms with Gasteiger partial charge in [-0.15, -0.1) is 0 Å². The van der Waals surface area contributed by atoms with Crippen molar-refractivity contribution in [3.8, 4) is 0 Å². The van der Waals surface area contributed by atoms with Gasteiger partial charge in [-0.05, 0) is 38.5 Å². The van der Waals surface area contributed by atoms with Crippen LogP contribution in [0.5, 0.6) is 0 Å². The quantitative estimate of drug-likeness (QED) is 0.830. The number of likely N-dealkylation sites (tertiary alicyclic amines) is 1. The summed E-state index contributed by atoms with van der Waals surface area (Å²) in [5.74, 6) is 0.212. The predicted octanol–water partition coefficient (Wildman–Crippen LogP) is 1.67. The lowest BCUT2D eigenvalue weighted by Crippen LogP contribution is -2.48. The molecular formula is C14H26N2O2. The van der Waals surface area contributed by atoms with Gasteiger partial charge < -0.3 is 15.4 Å². The average Bonchev–Trinajstić information content (AvgIpc) is 2.88. The van der Waals surface area contributed by atoms with E-state index in [1.807, 2.05) is 0 Å². The molecule has 1 amide bonds. The van der Waals surface area contributed by atoms with Gasteiger partial charge >= 0.3 is 0 Å². The maximum absolute atomic E-state index is 12.5. The van der Waals surface area contributed by atoms with Crippen molar-refractivity contribution in [2.45, 2.75) is 70.1 Å². The zero-order valence-corrected chi connectivity index (χ0v) is 11.4. The maximum Gasteiger partial charge on any atom is 0.251 e. The van der Waals surface area contributed by atoms with E-state index in [1.54, 1.807) is 0 Å². The van der Waals surface area contributed by atoms with E-state index in [9.17, 15) is 4.79 Å². The van der Waals surface area contributed by atoms with Crippen molar-refractivity contribution in [2.75, 3.05) is 13.1 Å². The first-order valence-electron chi connectivity index (χ1n) is 7.42. The number of hydrogen-bond donors (Lipinski definition) is 1. The number of rotatable bonds is 4. The third kappa shape index (κ3) is 3.04. The van der Waals surface area contributed by atoms with Crippen LogP contribution in [0.4, 0.5) is 0 Å². The van der Waals surface area contributed by atoms with Crippen molar-refractivity contribution in [3.05, 3.63) is 0 Å². The van der Waals surface area contributed by atoms with E-state index in [0.717, 1.165) is 45.1 Å². The molecule has 0 aromatic carbocycles. The lowest BCUT2D eigenvalue weighted by atomic mass is 9.97. The molecule has 0 aliphatic carbocycles. The smallest absolute Gasteiger partial charge is 0.251 e. The van der Waals surface area contributed by atoms with Gasteiger partial charge in [0, 0.05) is 19.1 Å². The van der Waals surface area contributed by atoms with Gasteiger partial charge in [0.2, 0.25) is 0 Å². The molecule has 4 heteroatoms. The van der Waals surface area contributed by atoms with Gasteiger partial charge in [-0.25, -0.2) is 0 Å². The number of amides is 1. The van der Waals surface area contributed by atoms with E-state index < -0.39 is 0 Å². The fourth-order valence-corrected chi connectivity index (χ4v) is 3.17. The SMILES string of the molecule is CCCC1CCCCN1C(=O)C1CCC(CN)O1. The molecule has 0 radical (unpaired) electrons. The Morgan fingerprint density at radius 3 is 2.83 bits per heavy atom. The molecule has 4 nitrogen and oxygen atoms in total. The highest BCUT2D eigenvalue weighted by atomic mass is 16.5. The van der Waals surface area contributed by atoms with Crippen LogP contribution in [0.3, 0.4) is 0 Å². The first kappa shape index (κ1) is 13.8. The number of hydrogen-bond acceptors (Lipinski definition) is 3. The summed E-state index contributed by atoms with van der Waals surface area (Å²) < 4.78 is 5.74. The molecule has 0 aromatic heterocycles. The number of piperidine rings is 1. The number of carbonyl (C=O) groups is 1. The zero-order chi connectivity index (χ0) is 13.0. The molecule has 0 bridgehead atoms. The topological polar surface area (TPSA) is 55.6 Å². The average molecular weight is 254 g/mol. The minimum atomic E-state index is -0.226. The van der Waals surface area contributed by atoms with Gasteiger partial charge in [0.15, 0.2) is 0 Å². The second-order valence-corrected chi connectivity index (χ2v) is 5.53. The molecule has 2 fully saturated rings. The van der Waals surface area contributed by atoms with Gasteiger partial charge in [-0.1, -0.05) is 13.3 Å². The van der Waals surface area contributed by atoms with E-state index in [1.165, 1.54) is 6.42 Å². The largest absolute Gasteiger partial charge is 0.364 e. The Labute approximate surface area is 110 Å². The summed E-state index contributed by atoms with van der Waals surface area (Å²) in [4.78, 5) is 14.6. The summed E-state index contributed by atoms with van der Waals surface area (Å²) >= 11 is 0. The number of nitrogens with two attached hydrogens (primary N) is 1. The summed E-state index contributed by atoms with van der Waals surface area (Å²) in [5.41, 5.74) is 5.60. The molecule has 2 N–H and O–H groups in total. The molecule has 3 unspecified atom stereocenters. The molecule has 2 aliphatic heterocycles. The van der Waals surface area contributed by atoms with Crippen LogP contribution in [-0.4, -0.2) is 42.1 Å². The molecule has 2 aliphatic rings. The fourth-order valence-electron chi connectivity index (χ4n) is 3.17. The zero-order valence-electron chi connectivity index (χ0n) is 11.4. The van der Waals surface area contributed by atoms with E-state index in [2.05, 4.69) is 11.8 Å². The minimum Gasteiger partial charge on any atom is -0.364 e.